The Labute approximate surface area is 342 Å². The van der Waals surface area contributed by atoms with Gasteiger partial charge in [-0.15, -0.1) is 0 Å². The molecule has 0 aliphatic carbocycles. The highest BCUT2D eigenvalue weighted by Gasteiger charge is 2.18. The molecule has 0 rings (SSSR count). The lowest BCUT2D eigenvalue weighted by atomic mass is 10.0. The quantitative estimate of drug-likeness (QED) is 0.0325. The number of rotatable bonds is 45. The molecule has 2 atom stereocenters. The monoisotopic (exact) mass is 778 g/mol. The van der Waals surface area contributed by atoms with Gasteiger partial charge in [-0.25, -0.2) is 0 Å². The van der Waals surface area contributed by atoms with Crippen LogP contribution in [0.5, 0.6) is 0 Å². The summed E-state index contributed by atoms with van der Waals surface area (Å²) < 4.78 is 5.44. The Morgan fingerprint density at radius 2 is 0.836 bits per heavy atom. The average Bonchev–Trinajstić information content (AvgIpc) is 3.18. The topological polar surface area (TPSA) is 95.9 Å². The number of aliphatic hydroxyl groups excluding tert-OH is 2. The fraction of sp³-hybridized carbons (Fsp3) is 0.918. The van der Waals surface area contributed by atoms with E-state index in [-0.39, 0.29) is 18.5 Å². The first-order valence-electron chi connectivity index (χ1n) is 24.5. The average molecular weight is 778 g/mol. The van der Waals surface area contributed by atoms with Gasteiger partial charge in [0.15, 0.2) is 0 Å². The summed E-state index contributed by atoms with van der Waals surface area (Å²) in [6, 6.07) is -0.631. The van der Waals surface area contributed by atoms with Gasteiger partial charge in [0.25, 0.3) is 0 Å². The summed E-state index contributed by atoms with van der Waals surface area (Å²) in [5, 5.41) is 23.0. The van der Waals surface area contributed by atoms with Crippen LogP contribution in [0.2, 0.25) is 0 Å². The van der Waals surface area contributed by atoms with E-state index in [1.165, 1.54) is 193 Å². The van der Waals surface area contributed by atoms with Crippen LogP contribution in [0.15, 0.2) is 12.2 Å². The van der Waals surface area contributed by atoms with E-state index in [0.717, 1.165) is 44.9 Å². The molecule has 1 amide bonds. The van der Waals surface area contributed by atoms with E-state index in [2.05, 4.69) is 19.2 Å². The standard InChI is InChI=1S/C49H95NO5/c1-3-5-7-9-11-13-15-22-25-29-33-37-41-47(52)46(45-51)50-48(53)42-38-34-30-26-23-19-17-16-18-20-24-28-32-36-40-44-55-49(54)43-39-35-31-27-21-14-12-10-8-6-4-2/h37,41,46-47,51-52H,3-36,38-40,42-45H2,1-2H3,(H,50,53)/b41-37+. The minimum Gasteiger partial charge on any atom is -0.466 e. The molecule has 0 fully saturated rings. The summed E-state index contributed by atoms with van der Waals surface area (Å²) in [4.78, 5) is 24.4. The molecule has 0 heterocycles. The number of hydrogen-bond donors (Lipinski definition) is 3. The Bertz CT molecular complexity index is 817. The smallest absolute Gasteiger partial charge is 0.305 e. The first kappa shape index (κ1) is 53.6. The lowest BCUT2D eigenvalue weighted by Gasteiger charge is -2.20. The van der Waals surface area contributed by atoms with E-state index in [1.54, 1.807) is 6.08 Å². The number of aliphatic hydroxyl groups is 2. The maximum Gasteiger partial charge on any atom is 0.305 e. The zero-order valence-corrected chi connectivity index (χ0v) is 36.9. The zero-order valence-electron chi connectivity index (χ0n) is 36.9. The molecule has 2 unspecified atom stereocenters. The van der Waals surface area contributed by atoms with E-state index in [0.29, 0.717) is 19.4 Å². The van der Waals surface area contributed by atoms with Crippen molar-refractivity contribution < 1.29 is 24.5 Å². The molecule has 0 aromatic rings. The van der Waals surface area contributed by atoms with Crippen LogP contribution in [0.3, 0.4) is 0 Å². The molecule has 0 aromatic heterocycles. The fourth-order valence-electron chi connectivity index (χ4n) is 7.51. The molecule has 55 heavy (non-hydrogen) atoms. The SMILES string of the molecule is CCCCCCCCCCCC/C=C/C(O)C(CO)NC(=O)CCCCCCCCCCCCCCCCCOC(=O)CCCCCCCCCCCCC. The van der Waals surface area contributed by atoms with Crippen molar-refractivity contribution in [2.24, 2.45) is 0 Å². The lowest BCUT2D eigenvalue weighted by Crippen LogP contribution is -2.45. The van der Waals surface area contributed by atoms with Gasteiger partial charge in [-0.05, 0) is 32.1 Å². The second-order valence-electron chi connectivity index (χ2n) is 16.8. The van der Waals surface area contributed by atoms with Gasteiger partial charge >= 0.3 is 5.97 Å². The first-order valence-corrected chi connectivity index (χ1v) is 24.5. The molecule has 6 nitrogen and oxygen atoms in total. The van der Waals surface area contributed by atoms with Crippen LogP contribution < -0.4 is 5.32 Å². The maximum atomic E-state index is 12.4. The molecule has 0 aliphatic rings. The van der Waals surface area contributed by atoms with Crippen LogP contribution in [-0.2, 0) is 14.3 Å². The number of hydrogen-bond acceptors (Lipinski definition) is 5. The van der Waals surface area contributed by atoms with Crippen LogP contribution >= 0.6 is 0 Å². The highest BCUT2D eigenvalue weighted by molar-refractivity contribution is 5.76. The molecule has 326 valence electrons. The van der Waals surface area contributed by atoms with Crippen molar-refractivity contribution in [3.8, 4) is 0 Å². The summed E-state index contributed by atoms with van der Waals surface area (Å²) in [5.74, 6) is -0.0780. The molecule has 0 radical (unpaired) electrons. The van der Waals surface area contributed by atoms with E-state index in [4.69, 9.17) is 4.74 Å². The van der Waals surface area contributed by atoms with Gasteiger partial charge in [-0.2, -0.15) is 0 Å². The van der Waals surface area contributed by atoms with Crippen molar-refractivity contribution >= 4 is 11.9 Å². The highest BCUT2D eigenvalue weighted by atomic mass is 16.5. The van der Waals surface area contributed by atoms with Gasteiger partial charge in [0, 0.05) is 12.8 Å². The fourth-order valence-corrected chi connectivity index (χ4v) is 7.51. The second-order valence-corrected chi connectivity index (χ2v) is 16.8. The number of carbonyl (C=O) groups is 2. The van der Waals surface area contributed by atoms with Gasteiger partial charge in [0.2, 0.25) is 5.91 Å². The number of allylic oxidation sites excluding steroid dienone is 1. The van der Waals surface area contributed by atoms with Crippen LogP contribution in [0, 0.1) is 0 Å². The number of carbonyl (C=O) groups excluding carboxylic acids is 2. The number of nitrogens with one attached hydrogen (secondary N) is 1. The number of esters is 1. The van der Waals surface area contributed by atoms with Crippen molar-refractivity contribution in [3.05, 3.63) is 12.2 Å². The van der Waals surface area contributed by atoms with Crippen LogP contribution in [0.25, 0.3) is 0 Å². The number of unbranched alkanes of at least 4 members (excludes halogenated alkanes) is 34. The highest BCUT2D eigenvalue weighted by Crippen LogP contribution is 2.16. The Morgan fingerprint density at radius 3 is 1.24 bits per heavy atom. The molecule has 0 aromatic carbocycles. The van der Waals surface area contributed by atoms with Crippen LogP contribution in [0.1, 0.15) is 264 Å². The Morgan fingerprint density at radius 1 is 0.491 bits per heavy atom. The van der Waals surface area contributed by atoms with E-state index < -0.39 is 12.1 Å². The third-order valence-corrected chi connectivity index (χ3v) is 11.3. The first-order chi connectivity index (χ1) is 27.0. The zero-order chi connectivity index (χ0) is 40.1. The van der Waals surface area contributed by atoms with Gasteiger partial charge in [-0.1, -0.05) is 231 Å². The summed E-state index contributed by atoms with van der Waals surface area (Å²) in [6.07, 6.45) is 50.6. The Kier molecular flexibility index (Phi) is 44.2. The molecule has 0 saturated heterocycles. The Balaban J connectivity index is 3.46. The van der Waals surface area contributed by atoms with E-state index in [9.17, 15) is 19.8 Å². The third-order valence-electron chi connectivity index (χ3n) is 11.3. The third kappa shape index (κ3) is 42.0. The minimum absolute atomic E-state index is 0.00106. The number of amides is 1. The molecule has 3 N–H and O–H groups in total. The van der Waals surface area contributed by atoms with E-state index >= 15 is 0 Å². The number of ether oxygens (including phenoxy) is 1. The normalized spacial score (nSPS) is 12.7. The van der Waals surface area contributed by atoms with Gasteiger partial charge < -0.3 is 20.3 Å². The molecule has 0 saturated carbocycles. The molecular formula is C49H95NO5. The van der Waals surface area contributed by atoms with Crippen LogP contribution in [-0.4, -0.2) is 47.4 Å². The van der Waals surface area contributed by atoms with Gasteiger partial charge in [0.05, 0.1) is 25.4 Å². The van der Waals surface area contributed by atoms with Crippen LogP contribution in [0.4, 0.5) is 0 Å². The lowest BCUT2D eigenvalue weighted by molar-refractivity contribution is -0.143. The maximum absolute atomic E-state index is 12.4. The predicted octanol–water partition coefficient (Wildman–Crippen LogP) is 14.2. The summed E-state index contributed by atoms with van der Waals surface area (Å²) in [6.45, 7) is 4.87. The molecular weight excluding hydrogens is 683 g/mol. The van der Waals surface area contributed by atoms with Gasteiger partial charge in [0.1, 0.15) is 0 Å². The largest absolute Gasteiger partial charge is 0.466 e. The second kappa shape index (κ2) is 45.3. The molecule has 0 bridgehead atoms. The van der Waals surface area contributed by atoms with Crippen molar-refractivity contribution in [3.63, 3.8) is 0 Å². The van der Waals surface area contributed by atoms with E-state index in [1.807, 2.05) is 6.08 Å². The Hall–Kier alpha value is -1.40. The summed E-state index contributed by atoms with van der Waals surface area (Å²) in [5.41, 5.74) is 0. The molecule has 6 heteroatoms. The van der Waals surface area contributed by atoms with Crippen molar-refractivity contribution in [1.82, 2.24) is 5.32 Å². The van der Waals surface area contributed by atoms with Crippen molar-refractivity contribution in [1.29, 1.82) is 0 Å². The molecule has 0 spiro atoms. The van der Waals surface area contributed by atoms with Crippen molar-refractivity contribution in [2.45, 2.75) is 276 Å². The predicted molar refractivity (Wildman–Crippen MR) is 237 cm³/mol. The molecule has 0 aliphatic heterocycles. The van der Waals surface area contributed by atoms with Gasteiger partial charge in [-0.3, -0.25) is 9.59 Å². The summed E-state index contributed by atoms with van der Waals surface area (Å²) in [7, 11) is 0. The van der Waals surface area contributed by atoms with Crippen molar-refractivity contribution in [2.75, 3.05) is 13.2 Å². The minimum atomic E-state index is -0.847. The summed E-state index contributed by atoms with van der Waals surface area (Å²) >= 11 is 0.